The molecule has 1 atom stereocenters. The number of piperidine rings is 1. The highest BCUT2D eigenvalue weighted by molar-refractivity contribution is 5.79. The number of methoxy groups -OCH3 is 1. The first kappa shape index (κ1) is 18.1. The zero-order valence-corrected chi connectivity index (χ0v) is 15.5. The first-order valence-corrected chi connectivity index (χ1v) is 8.88. The molecule has 3 rings (SSSR count). The van der Waals surface area contributed by atoms with Crippen molar-refractivity contribution in [3.05, 3.63) is 41.6 Å². The Kier molecular flexibility index (Phi) is 5.65. The molecule has 7 heteroatoms. The van der Waals surface area contributed by atoms with Crippen molar-refractivity contribution in [2.24, 2.45) is 5.92 Å². The number of carbonyl (C=O) groups excluding carboxylic acids is 1. The molecule has 0 bridgehead atoms. The van der Waals surface area contributed by atoms with Gasteiger partial charge in [0.25, 0.3) is 0 Å². The maximum atomic E-state index is 12.6. The zero-order valence-electron chi connectivity index (χ0n) is 15.5. The van der Waals surface area contributed by atoms with Crippen molar-refractivity contribution in [3.8, 4) is 5.75 Å². The third-order valence-electron chi connectivity index (χ3n) is 4.85. The third-order valence-corrected chi connectivity index (χ3v) is 4.85. The Bertz CT molecular complexity index is 766. The van der Waals surface area contributed by atoms with Gasteiger partial charge in [0.1, 0.15) is 11.6 Å². The lowest BCUT2D eigenvalue weighted by molar-refractivity contribution is -0.125. The summed E-state index contributed by atoms with van der Waals surface area (Å²) < 4.78 is 5.43. The van der Waals surface area contributed by atoms with E-state index in [0.29, 0.717) is 13.1 Å². The smallest absolute Gasteiger partial charge is 0.225 e. The van der Waals surface area contributed by atoms with E-state index in [0.717, 1.165) is 47.8 Å². The quantitative estimate of drug-likeness (QED) is 0.884. The van der Waals surface area contributed by atoms with Gasteiger partial charge in [0, 0.05) is 42.8 Å². The minimum Gasteiger partial charge on any atom is -0.496 e. The highest BCUT2D eigenvalue weighted by Gasteiger charge is 2.26. The molecule has 26 heavy (non-hydrogen) atoms. The number of hydrogen-bond donors (Lipinski definition) is 1. The zero-order chi connectivity index (χ0) is 18.5. The summed E-state index contributed by atoms with van der Waals surface area (Å²) in [6.07, 6.45) is 8.70. The van der Waals surface area contributed by atoms with Gasteiger partial charge in [-0.15, -0.1) is 0 Å². The van der Waals surface area contributed by atoms with Crippen molar-refractivity contribution < 1.29 is 9.53 Å². The molecule has 2 aromatic heterocycles. The number of rotatable bonds is 5. The second kappa shape index (κ2) is 8.12. The van der Waals surface area contributed by atoms with E-state index < -0.39 is 0 Å². The van der Waals surface area contributed by atoms with E-state index in [1.165, 1.54) is 0 Å². The molecular formula is C19H25N5O2. The number of amides is 1. The van der Waals surface area contributed by atoms with E-state index in [1.807, 2.05) is 13.8 Å². The van der Waals surface area contributed by atoms with Crippen molar-refractivity contribution in [1.82, 2.24) is 20.3 Å². The number of hydrogen-bond acceptors (Lipinski definition) is 6. The average molecular weight is 355 g/mol. The van der Waals surface area contributed by atoms with Crippen LogP contribution < -0.4 is 15.0 Å². The molecule has 1 N–H and O–H groups in total. The molecule has 1 aliphatic rings. The molecule has 1 aliphatic heterocycles. The molecule has 7 nitrogen and oxygen atoms in total. The summed E-state index contributed by atoms with van der Waals surface area (Å²) in [5.74, 6) is 1.65. The van der Waals surface area contributed by atoms with Crippen LogP contribution in [-0.4, -0.2) is 41.1 Å². The van der Waals surface area contributed by atoms with Gasteiger partial charge >= 0.3 is 0 Å². The topological polar surface area (TPSA) is 80.2 Å². The van der Waals surface area contributed by atoms with Crippen molar-refractivity contribution in [3.63, 3.8) is 0 Å². The van der Waals surface area contributed by atoms with Crippen LogP contribution in [0.5, 0.6) is 5.75 Å². The lowest BCUT2D eigenvalue weighted by Crippen LogP contribution is -2.43. The summed E-state index contributed by atoms with van der Waals surface area (Å²) in [6.45, 7) is 5.90. The van der Waals surface area contributed by atoms with Crippen LogP contribution in [-0.2, 0) is 11.3 Å². The van der Waals surface area contributed by atoms with Crippen LogP contribution in [0, 0.1) is 19.8 Å². The number of pyridine rings is 1. The van der Waals surface area contributed by atoms with Crippen LogP contribution in [0.3, 0.4) is 0 Å². The lowest BCUT2D eigenvalue weighted by Gasteiger charge is -2.32. The number of ether oxygens (including phenoxy) is 1. The van der Waals surface area contributed by atoms with Crippen molar-refractivity contribution in [2.75, 3.05) is 25.1 Å². The fourth-order valence-corrected chi connectivity index (χ4v) is 3.42. The standard InChI is InChI=1S/C19H25N5O2/c1-13-9-22-16(14(2)18(13)26-3)10-23-19(25)15-5-4-8-24(12-15)17-11-20-6-7-21-17/h6-7,9,11,15H,4-5,8,10,12H2,1-3H3,(H,23,25). The number of aromatic nitrogens is 3. The maximum Gasteiger partial charge on any atom is 0.225 e. The van der Waals surface area contributed by atoms with Crippen molar-refractivity contribution in [2.45, 2.75) is 33.2 Å². The molecule has 0 radical (unpaired) electrons. The Morgan fingerprint density at radius 1 is 1.31 bits per heavy atom. The number of carbonyl (C=O) groups is 1. The predicted octanol–water partition coefficient (Wildman–Crippen LogP) is 2.03. The SMILES string of the molecule is COc1c(C)cnc(CNC(=O)C2CCCN(c3cnccn3)C2)c1C. The van der Waals surface area contributed by atoms with E-state index in [2.05, 4.69) is 25.2 Å². The molecular weight excluding hydrogens is 330 g/mol. The fourth-order valence-electron chi connectivity index (χ4n) is 3.42. The van der Waals surface area contributed by atoms with Gasteiger partial charge in [-0.1, -0.05) is 0 Å². The molecule has 1 fully saturated rings. The molecule has 1 saturated heterocycles. The van der Waals surface area contributed by atoms with Gasteiger partial charge in [-0.2, -0.15) is 0 Å². The van der Waals surface area contributed by atoms with Gasteiger partial charge in [0.15, 0.2) is 0 Å². The number of nitrogens with one attached hydrogen (secondary N) is 1. The monoisotopic (exact) mass is 355 g/mol. The van der Waals surface area contributed by atoms with Crippen molar-refractivity contribution >= 4 is 11.7 Å². The van der Waals surface area contributed by atoms with Crippen LogP contribution in [0.25, 0.3) is 0 Å². The molecule has 138 valence electrons. The molecule has 1 unspecified atom stereocenters. The lowest BCUT2D eigenvalue weighted by atomic mass is 9.97. The molecule has 3 heterocycles. The first-order valence-electron chi connectivity index (χ1n) is 8.88. The summed E-state index contributed by atoms with van der Waals surface area (Å²) in [5, 5.41) is 3.03. The average Bonchev–Trinajstić information content (AvgIpc) is 2.68. The Hall–Kier alpha value is -2.70. The maximum absolute atomic E-state index is 12.6. The summed E-state index contributed by atoms with van der Waals surface area (Å²) in [4.78, 5) is 27.7. The minimum absolute atomic E-state index is 0.0549. The van der Waals surface area contributed by atoms with E-state index in [1.54, 1.807) is 31.9 Å². The first-order chi connectivity index (χ1) is 12.6. The van der Waals surface area contributed by atoms with Gasteiger partial charge in [0.2, 0.25) is 5.91 Å². The van der Waals surface area contributed by atoms with Gasteiger partial charge in [-0.25, -0.2) is 4.98 Å². The van der Waals surface area contributed by atoms with Crippen LogP contribution in [0.2, 0.25) is 0 Å². The predicted molar refractivity (Wildman–Crippen MR) is 99.1 cm³/mol. The van der Waals surface area contributed by atoms with Gasteiger partial charge in [0.05, 0.1) is 31.5 Å². The van der Waals surface area contributed by atoms with Crippen molar-refractivity contribution in [1.29, 1.82) is 0 Å². The fraction of sp³-hybridized carbons (Fsp3) is 0.474. The van der Waals surface area contributed by atoms with Crippen LogP contribution in [0.1, 0.15) is 29.7 Å². The Balaban J connectivity index is 1.62. The molecule has 0 aliphatic carbocycles. The second-order valence-corrected chi connectivity index (χ2v) is 6.61. The van der Waals surface area contributed by atoms with E-state index in [4.69, 9.17) is 4.74 Å². The summed E-state index contributed by atoms with van der Waals surface area (Å²) in [6, 6.07) is 0. The van der Waals surface area contributed by atoms with Crippen LogP contribution in [0.15, 0.2) is 24.8 Å². The highest BCUT2D eigenvalue weighted by atomic mass is 16.5. The normalized spacial score (nSPS) is 17.0. The molecule has 1 amide bonds. The van der Waals surface area contributed by atoms with Crippen LogP contribution >= 0.6 is 0 Å². The Morgan fingerprint density at radius 3 is 2.88 bits per heavy atom. The second-order valence-electron chi connectivity index (χ2n) is 6.61. The highest BCUT2D eigenvalue weighted by Crippen LogP contribution is 2.24. The third kappa shape index (κ3) is 3.92. The Morgan fingerprint density at radius 2 is 2.15 bits per heavy atom. The van der Waals surface area contributed by atoms with E-state index in [9.17, 15) is 4.79 Å². The summed E-state index contributed by atoms with van der Waals surface area (Å²) in [7, 11) is 1.65. The molecule has 0 spiro atoms. The summed E-state index contributed by atoms with van der Waals surface area (Å²) in [5.41, 5.74) is 2.80. The number of anilines is 1. The largest absolute Gasteiger partial charge is 0.496 e. The number of aryl methyl sites for hydroxylation is 1. The van der Waals surface area contributed by atoms with Gasteiger partial charge in [-0.3, -0.25) is 14.8 Å². The van der Waals surface area contributed by atoms with Gasteiger partial charge < -0.3 is 15.0 Å². The van der Waals surface area contributed by atoms with E-state index >= 15 is 0 Å². The Labute approximate surface area is 153 Å². The van der Waals surface area contributed by atoms with Gasteiger partial charge in [-0.05, 0) is 26.7 Å². The molecule has 2 aromatic rings. The van der Waals surface area contributed by atoms with Crippen LogP contribution in [0.4, 0.5) is 5.82 Å². The molecule has 0 saturated carbocycles. The van der Waals surface area contributed by atoms with E-state index in [-0.39, 0.29) is 11.8 Å². The number of nitrogens with zero attached hydrogens (tertiary/aromatic N) is 4. The minimum atomic E-state index is -0.0570. The molecule has 0 aromatic carbocycles. The summed E-state index contributed by atoms with van der Waals surface area (Å²) >= 11 is 0.